The molecule has 2 amide bonds. The van der Waals surface area contributed by atoms with Gasteiger partial charge in [-0.3, -0.25) is 4.90 Å². The maximum absolute atomic E-state index is 12.2. The van der Waals surface area contributed by atoms with Gasteiger partial charge in [-0.25, -0.2) is 14.4 Å². The van der Waals surface area contributed by atoms with Crippen LogP contribution in [0.2, 0.25) is 0 Å². The van der Waals surface area contributed by atoms with Crippen LogP contribution in [0.5, 0.6) is 0 Å². The van der Waals surface area contributed by atoms with Gasteiger partial charge in [0.1, 0.15) is 17.2 Å². The lowest BCUT2D eigenvalue weighted by Gasteiger charge is -2.26. The Bertz CT molecular complexity index is 492. The summed E-state index contributed by atoms with van der Waals surface area (Å²) in [5.41, 5.74) is -1.31. The van der Waals surface area contributed by atoms with Crippen molar-refractivity contribution < 1.29 is 29.0 Å². The van der Waals surface area contributed by atoms with Gasteiger partial charge in [-0.1, -0.05) is 0 Å². The Morgan fingerprint density at radius 2 is 1.62 bits per heavy atom. The van der Waals surface area contributed by atoms with Gasteiger partial charge >= 0.3 is 18.2 Å². The van der Waals surface area contributed by atoms with Crippen LogP contribution in [0.1, 0.15) is 48.0 Å². The fourth-order valence-corrected chi connectivity index (χ4v) is 2.37. The molecule has 0 aromatic rings. The Labute approximate surface area is 142 Å². The summed E-state index contributed by atoms with van der Waals surface area (Å²) >= 11 is 0. The summed E-state index contributed by atoms with van der Waals surface area (Å²) in [5.74, 6) is -1.26. The first-order chi connectivity index (χ1) is 10.8. The highest BCUT2D eigenvalue weighted by Gasteiger charge is 2.41. The monoisotopic (exact) mass is 344 g/mol. The van der Waals surface area contributed by atoms with Gasteiger partial charge < -0.3 is 19.9 Å². The number of rotatable bonds is 3. The number of alkyl carbamates (subject to hydrolysis) is 1. The first-order valence-corrected chi connectivity index (χ1v) is 7.98. The van der Waals surface area contributed by atoms with Crippen LogP contribution in [-0.4, -0.2) is 58.5 Å². The normalized spacial score (nSPS) is 21.3. The van der Waals surface area contributed by atoms with Gasteiger partial charge in [0.2, 0.25) is 0 Å². The Hall–Kier alpha value is -1.99. The van der Waals surface area contributed by atoms with Gasteiger partial charge in [0.15, 0.2) is 0 Å². The summed E-state index contributed by atoms with van der Waals surface area (Å²) in [5, 5.41) is 11.9. The second-order valence-corrected chi connectivity index (χ2v) is 7.97. The fourth-order valence-electron chi connectivity index (χ4n) is 2.37. The Balaban J connectivity index is 2.63. The van der Waals surface area contributed by atoms with Crippen LogP contribution in [-0.2, 0) is 14.3 Å². The number of amides is 2. The molecule has 1 fully saturated rings. The summed E-state index contributed by atoms with van der Waals surface area (Å²) < 4.78 is 10.4. The largest absolute Gasteiger partial charge is 0.480 e. The molecule has 0 aromatic carbocycles. The Morgan fingerprint density at radius 3 is 2.08 bits per heavy atom. The number of hydrogen-bond acceptors (Lipinski definition) is 5. The minimum atomic E-state index is -1.08. The zero-order valence-electron chi connectivity index (χ0n) is 15.2. The zero-order valence-corrected chi connectivity index (χ0v) is 15.2. The van der Waals surface area contributed by atoms with Gasteiger partial charge in [0, 0.05) is 13.1 Å². The van der Waals surface area contributed by atoms with Crippen molar-refractivity contribution in [2.45, 2.75) is 65.2 Å². The number of nitrogens with one attached hydrogen (secondary N) is 1. The predicted molar refractivity (Wildman–Crippen MR) is 86.7 cm³/mol. The molecule has 1 aliphatic rings. The van der Waals surface area contributed by atoms with E-state index in [1.54, 1.807) is 41.5 Å². The molecule has 2 atom stereocenters. The van der Waals surface area contributed by atoms with Crippen LogP contribution in [0.4, 0.5) is 9.59 Å². The average molecular weight is 344 g/mol. The second-order valence-electron chi connectivity index (χ2n) is 7.97. The number of carboxylic acids is 1. The van der Waals surface area contributed by atoms with E-state index in [-0.39, 0.29) is 25.4 Å². The molecule has 138 valence electrons. The molecule has 1 aliphatic heterocycles. The first-order valence-electron chi connectivity index (χ1n) is 7.98. The van der Waals surface area contributed by atoms with E-state index in [2.05, 4.69) is 5.32 Å². The molecular weight excluding hydrogens is 316 g/mol. The lowest BCUT2D eigenvalue weighted by atomic mass is 10.1. The minimum absolute atomic E-state index is 0.175. The SMILES string of the molecule is CC(C)(C)OC(=O)NCC1C[C@@H](C(=O)O)N(C(=O)OC(C)(C)C)C1. The number of nitrogens with zero attached hydrogens (tertiary/aromatic N) is 1. The molecule has 0 radical (unpaired) electrons. The minimum Gasteiger partial charge on any atom is -0.480 e. The van der Waals surface area contributed by atoms with E-state index in [1.807, 2.05) is 0 Å². The fraction of sp³-hybridized carbons (Fsp3) is 0.812. The van der Waals surface area contributed by atoms with E-state index < -0.39 is 35.4 Å². The summed E-state index contributed by atoms with van der Waals surface area (Å²) in [4.78, 5) is 36.4. The summed E-state index contributed by atoms with van der Waals surface area (Å²) in [6, 6.07) is -0.953. The number of carbonyl (C=O) groups excluding carboxylic acids is 2. The third kappa shape index (κ3) is 6.64. The molecule has 24 heavy (non-hydrogen) atoms. The van der Waals surface area contributed by atoms with E-state index in [9.17, 15) is 19.5 Å². The van der Waals surface area contributed by atoms with Gasteiger partial charge in [-0.15, -0.1) is 0 Å². The van der Waals surface area contributed by atoms with Crippen LogP contribution in [0.25, 0.3) is 0 Å². The number of carboxylic acid groups (broad SMARTS) is 1. The van der Waals surface area contributed by atoms with Gasteiger partial charge in [-0.05, 0) is 53.9 Å². The van der Waals surface area contributed by atoms with Gasteiger partial charge in [-0.2, -0.15) is 0 Å². The molecule has 2 N–H and O–H groups in total. The molecule has 0 aliphatic carbocycles. The quantitative estimate of drug-likeness (QED) is 0.813. The Kier molecular flexibility index (Phi) is 6.08. The molecule has 1 saturated heterocycles. The lowest BCUT2D eigenvalue weighted by Crippen LogP contribution is -2.43. The summed E-state index contributed by atoms with van der Waals surface area (Å²) in [6.45, 7) is 10.9. The van der Waals surface area contributed by atoms with E-state index in [4.69, 9.17) is 9.47 Å². The molecule has 1 rings (SSSR count). The van der Waals surface area contributed by atoms with Crippen molar-refractivity contribution in [3.8, 4) is 0 Å². The second kappa shape index (κ2) is 7.27. The highest BCUT2D eigenvalue weighted by atomic mass is 16.6. The third-order valence-corrected chi connectivity index (χ3v) is 3.23. The maximum atomic E-state index is 12.2. The summed E-state index contributed by atoms with van der Waals surface area (Å²) in [6.07, 6.45) is -0.968. The van der Waals surface area contributed by atoms with E-state index >= 15 is 0 Å². The zero-order chi connectivity index (χ0) is 18.7. The number of carbonyl (C=O) groups is 3. The first kappa shape index (κ1) is 20.1. The van der Waals surface area contributed by atoms with E-state index in [0.717, 1.165) is 0 Å². The van der Waals surface area contributed by atoms with Crippen molar-refractivity contribution in [3.63, 3.8) is 0 Å². The van der Waals surface area contributed by atoms with Crippen LogP contribution < -0.4 is 5.32 Å². The van der Waals surface area contributed by atoms with Crippen LogP contribution in [0.15, 0.2) is 0 Å². The molecule has 8 heteroatoms. The highest BCUT2D eigenvalue weighted by Crippen LogP contribution is 2.25. The van der Waals surface area contributed by atoms with Crippen molar-refractivity contribution in [1.82, 2.24) is 10.2 Å². The molecule has 1 unspecified atom stereocenters. The van der Waals surface area contributed by atoms with Crippen LogP contribution in [0.3, 0.4) is 0 Å². The van der Waals surface area contributed by atoms with Crippen LogP contribution >= 0.6 is 0 Å². The molecular formula is C16H28N2O6. The van der Waals surface area contributed by atoms with Crippen molar-refractivity contribution in [2.24, 2.45) is 5.92 Å². The van der Waals surface area contributed by atoms with Gasteiger partial charge in [0.25, 0.3) is 0 Å². The number of ether oxygens (including phenoxy) is 2. The Morgan fingerprint density at radius 1 is 1.08 bits per heavy atom. The molecule has 0 spiro atoms. The molecule has 0 aromatic heterocycles. The van der Waals surface area contributed by atoms with E-state index in [0.29, 0.717) is 0 Å². The van der Waals surface area contributed by atoms with Crippen molar-refractivity contribution >= 4 is 18.2 Å². The lowest BCUT2D eigenvalue weighted by molar-refractivity contribution is -0.142. The standard InChI is InChI=1S/C16H28N2O6/c1-15(2,3)23-13(21)17-8-10-7-11(12(19)20)18(9-10)14(22)24-16(4,5)6/h10-11H,7-9H2,1-6H3,(H,17,21)(H,19,20)/t10?,11-/m0/s1. The topological polar surface area (TPSA) is 105 Å². The van der Waals surface area contributed by atoms with Crippen molar-refractivity contribution in [3.05, 3.63) is 0 Å². The van der Waals surface area contributed by atoms with Crippen LogP contribution in [0, 0.1) is 5.92 Å². The number of hydrogen-bond donors (Lipinski definition) is 2. The van der Waals surface area contributed by atoms with Crippen molar-refractivity contribution in [1.29, 1.82) is 0 Å². The third-order valence-electron chi connectivity index (χ3n) is 3.23. The molecule has 1 heterocycles. The smallest absolute Gasteiger partial charge is 0.411 e. The highest BCUT2D eigenvalue weighted by molar-refractivity contribution is 5.81. The van der Waals surface area contributed by atoms with Gasteiger partial charge in [0.05, 0.1) is 0 Å². The summed E-state index contributed by atoms with van der Waals surface area (Å²) in [7, 11) is 0. The molecule has 0 saturated carbocycles. The number of likely N-dealkylation sites (tertiary alicyclic amines) is 1. The number of aliphatic carboxylic acids is 1. The predicted octanol–water partition coefficient (Wildman–Crippen LogP) is 2.22. The molecule has 8 nitrogen and oxygen atoms in total. The average Bonchev–Trinajstić information content (AvgIpc) is 2.76. The maximum Gasteiger partial charge on any atom is 0.411 e. The van der Waals surface area contributed by atoms with E-state index in [1.165, 1.54) is 4.90 Å². The molecule has 0 bridgehead atoms. The van der Waals surface area contributed by atoms with Crippen molar-refractivity contribution in [2.75, 3.05) is 13.1 Å².